The lowest BCUT2D eigenvalue weighted by Gasteiger charge is -2.22. The van der Waals surface area contributed by atoms with Gasteiger partial charge < -0.3 is 9.26 Å². The van der Waals surface area contributed by atoms with Gasteiger partial charge in [-0.2, -0.15) is 0 Å². The summed E-state index contributed by atoms with van der Waals surface area (Å²) in [5.41, 5.74) is 4.56. The number of benzene rings is 2. The number of aromatic nitrogens is 1. The summed E-state index contributed by atoms with van der Waals surface area (Å²) in [5.74, 6) is 0.318. The molecule has 1 fully saturated rings. The van der Waals surface area contributed by atoms with Crippen LogP contribution in [0.4, 0.5) is 0 Å². The Hall–Kier alpha value is -2.70. The van der Waals surface area contributed by atoms with Crippen molar-refractivity contribution in [2.45, 2.75) is 25.6 Å². The number of amides is 1. The molecule has 1 aromatic heterocycles. The van der Waals surface area contributed by atoms with Crippen molar-refractivity contribution >= 4 is 16.8 Å². The zero-order valence-electron chi connectivity index (χ0n) is 13.6. The molecule has 25 heavy (non-hydrogen) atoms. The zero-order chi connectivity index (χ0) is 17.1. The Morgan fingerprint density at radius 3 is 2.84 bits per heavy atom. The second kappa shape index (κ2) is 7.04. The third kappa shape index (κ3) is 3.40. The normalized spacial score (nSPS) is 17.5. The molecule has 1 N–H and O–H groups in total. The predicted octanol–water partition coefficient (Wildman–Crippen LogP) is 3.68. The average molecular weight is 338 g/mol. The van der Waals surface area contributed by atoms with Crippen LogP contribution in [0.3, 0.4) is 0 Å². The van der Waals surface area contributed by atoms with Crippen molar-refractivity contribution in [3.63, 3.8) is 0 Å². The van der Waals surface area contributed by atoms with Crippen molar-refractivity contribution in [2.75, 3.05) is 6.61 Å². The second-order valence-corrected chi connectivity index (χ2v) is 5.95. The predicted molar refractivity (Wildman–Crippen MR) is 91.6 cm³/mol. The molecule has 0 radical (unpaired) electrons. The van der Waals surface area contributed by atoms with Crippen LogP contribution in [0.15, 0.2) is 53.1 Å². The summed E-state index contributed by atoms with van der Waals surface area (Å²) in [7, 11) is 0. The van der Waals surface area contributed by atoms with Gasteiger partial charge in [0.05, 0.1) is 5.39 Å². The van der Waals surface area contributed by atoms with Crippen molar-refractivity contribution in [3.05, 3.63) is 54.1 Å². The van der Waals surface area contributed by atoms with Crippen LogP contribution in [0.5, 0.6) is 0 Å². The first kappa shape index (κ1) is 15.8. The van der Waals surface area contributed by atoms with Gasteiger partial charge in [-0.25, -0.2) is 10.3 Å². The van der Waals surface area contributed by atoms with E-state index in [2.05, 4.69) is 10.6 Å². The third-order valence-corrected chi connectivity index (χ3v) is 4.20. The molecule has 3 aromatic rings. The van der Waals surface area contributed by atoms with Crippen molar-refractivity contribution in [2.24, 2.45) is 0 Å². The van der Waals surface area contributed by atoms with E-state index in [1.165, 1.54) is 0 Å². The maximum absolute atomic E-state index is 12.4. The zero-order valence-corrected chi connectivity index (χ0v) is 13.6. The minimum absolute atomic E-state index is 0.323. The molecule has 1 amide bonds. The number of nitrogens with one attached hydrogen (secondary N) is 1. The van der Waals surface area contributed by atoms with Gasteiger partial charge in [0.25, 0.3) is 5.91 Å². The quantitative estimate of drug-likeness (QED) is 0.735. The molecule has 0 spiro atoms. The summed E-state index contributed by atoms with van der Waals surface area (Å²) in [4.78, 5) is 17.7. The number of hydrogen-bond donors (Lipinski definition) is 1. The lowest BCUT2D eigenvalue weighted by Crippen LogP contribution is -2.33. The van der Waals surface area contributed by atoms with E-state index in [1.807, 2.05) is 30.3 Å². The van der Waals surface area contributed by atoms with E-state index < -0.39 is 0 Å². The number of hydroxylamine groups is 1. The van der Waals surface area contributed by atoms with Crippen LogP contribution in [0, 0.1) is 0 Å². The third-order valence-electron chi connectivity index (χ3n) is 4.20. The summed E-state index contributed by atoms with van der Waals surface area (Å²) >= 11 is 0. The topological polar surface area (TPSA) is 73.6 Å². The molecule has 2 heterocycles. The summed E-state index contributed by atoms with van der Waals surface area (Å²) in [6.45, 7) is 0.660. The van der Waals surface area contributed by atoms with Gasteiger partial charge in [0.2, 0.25) is 0 Å². The van der Waals surface area contributed by atoms with Gasteiger partial charge in [-0.1, -0.05) is 35.5 Å². The molecular weight excluding hydrogens is 320 g/mol. The molecule has 128 valence electrons. The molecule has 6 heteroatoms. The Balaban J connectivity index is 1.54. The maximum atomic E-state index is 12.4. The largest absolute Gasteiger partial charge is 0.355 e. The molecule has 0 bridgehead atoms. The highest BCUT2D eigenvalue weighted by molar-refractivity contribution is 6.00. The fourth-order valence-electron chi connectivity index (χ4n) is 2.86. The van der Waals surface area contributed by atoms with E-state index in [4.69, 9.17) is 14.1 Å². The van der Waals surface area contributed by atoms with E-state index in [-0.39, 0.29) is 12.2 Å². The van der Waals surface area contributed by atoms with Gasteiger partial charge in [-0.3, -0.25) is 4.79 Å². The second-order valence-electron chi connectivity index (χ2n) is 5.95. The van der Waals surface area contributed by atoms with Crippen molar-refractivity contribution in [1.29, 1.82) is 0 Å². The van der Waals surface area contributed by atoms with Gasteiger partial charge in [0, 0.05) is 24.2 Å². The number of ether oxygens (including phenoxy) is 1. The Morgan fingerprint density at radius 1 is 1.16 bits per heavy atom. The maximum Gasteiger partial charge on any atom is 0.274 e. The van der Waals surface area contributed by atoms with Crippen LogP contribution in [0.1, 0.15) is 29.6 Å². The van der Waals surface area contributed by atoms with Crippen LogP contribution in [0.25, 0.3) is 22.2 Å². The van der Waals surface area contributed by atoms with E-state index in [0.29, 0.717) is 23.4 Å². The van der Waals surface area contributed by atoms with Gasteiger partial charge in [-0.05, 0) is 31.0 Å². The van der Waals surface area contributed by atoms with Crippen LogP contribution >= 0.6 is 0 Å². The highest BCUT2D eigenvalue weighted by Crippen LogP contribution is 2.29. The van der Waals surface area contributed by atoms with E-state index >= 15 is 0 Å². The number of hydrogen-bond acceptors (Lipinski definition) is 5. The molecular formula is C19H18N2O4. The van der Waals surface area contributed by atoms with Crippen molar-refractivity contribution in [3.8, 4) is 11.3 Å². The van der Waals surface area contributed by atoms with Gasteiger partial charge in [0.15, 0.2) is 12.1 Å². The standard InChI is InChI=1S/C19H18N2O4/c22-19(21-24-17-8-4-5-11-23-17)14-9-10-16-15(12-14)18(25-20-16)13-6-2-1-3-7-13/h1-3,6-7,9-10,12,17H,4-5,8,11H2,(H,21,22). The minimum Gasteiger partial charge on any atom is -0.355 e. The first-order valence-corrected chi connectivity index (χ1v) is 8.34. The molecule has 2 aromatic carbocycles. The fourth-order valence-corrected chi connectivity index (χ4v) is 2.86. The molecule has 1 saturated heterocycles. The molecule has 6 nitrogen and oxygen atoms in total. The molecule has 1 unspecified atom stereocenters. The van der Waals surface area contributed by atoms with E-state index in [1.54, 1.807) is 18.2 Å². The Morgan fingerprint density at radius 2 is 2.04 bits per heavy atom. The van der Waals surface area contributed by atoms with E-state index in [0.717, 1.165) is 30.2 Å². The monoisotopic (exact) mass is 338 g/mol. The highest BCUT2D eigenvalue weighted by Gasteiger charge is 2.18. The Labute approximate surface area is 144 Å². The fraction of sp³-hybridized carbons (Fsp3) is 0.263. The van der Waals surface area contributed by atoms with Crippen LogP contribution in [-0.2, 0) is 9.57 Å². The smallest absolute Gasteiger partial charge is 0.274 e. The number of carbonyl (C=O) groups excluding carboxylic acids is 1. The Kier molecular flexibility index (Phi) is 4.45. The van der Waals surface area contributed by atoms with Crippen LogP contribution < -0.4 is 5.48 Å². The molecule has 0 saturated carbocycles. The van der Waals surface area contributed by atoms with E-state index in [9.17, 15) is 4.79 Å². The number of fused-ring (bicyclic) bond motifs is 1. The minimum atomic E-state index is -0.378. The van der Waals surface area contributed by atoms with Gasteiger partial charge >= 0.3 is 0 Å². The average Bonchev–Trinajstić information content (AvgIpc) is 3.11. The lowest BCUT2D eigenvalue weighted by atomic mass is 10.1. The summed E-state index contributed by atoms with van der Waals surface area (Å²) in [6.07, 6.45) is 2.47. The number of carbonyl (C=O) groups is 1. The summed E-state index contributed by atoms with van der Waals surface area (Å²) in [5, 5.41) is 4.84. The lowest BCUT2D eigenvalue weighted by molar-refractivity contribution is -0.186. The molecule has 0 aliphatic carbocycles. The molecule has 4 rings (SSSR count). The summed E-state index contributed by atoms with van der Waals surface area (Å²) in [6, 6.07) is 14.9. The number of rotatable bonds is 4. The molecule has 1 aliphatic heterocycles. The molecule has 1 atom stereocenters. The van der Waals surface area contributed by atoms with Gasteiger partial charge in [-0.15, -0.1) is 0 Å². The van der Waals surface area contributed by atoms with Crippen LogP contribution in [-0.4, -0.2) is 24.0 Å². The Bertz CT molecular complexity index is 870. The number of nitrogens with zero attached hydrogens (tertiary/aromatic N) is 1. The first-order chi connectivity index (χ1) is 12.3. The summed E-state index contributed by atoms with van der Waals surface area (Å²) < 4.78 is 10.9. The first-order valence-electron chi connectivity index (χ1n) is 8.34. The van der Waals surface area contributed by atoms with Crippen molar-refractivity contribution < 1.29 is 18.9 Å². The molecule has 1 aliphatic rings. The van der Waals surface area contributed by atoms with Gasteiger partial charge in [0.1, 0.15) is 5.52 Å². The van der Waals surface area contributed by atoms with Crippen LogP contribution in [0.2, 0.25) is 0 Å². The SMILES string of the molecule is O=C(NOC1CCCCO1)c1ccc2noc(-c3ccccc3)c2c1. The van der Waals surface area contributed by atoms with Crippen molar-refractivity contribution in [1.82, 2.24) is 10.6 Å². The highest BCUT2D eigenvalue weighted by atomic mass is 16.8.